The maximum absolute atomic E-state index is 12.9. The predicted molar refractivity (Wildman–Crippen MR) is 118 cm³/mol. The van der Waals surface area contributed by atoms with Crippen LogP contribution in [0.3, 0.4) is 0 Å². The number of carbonyl (C=O) groups is 1. The molecular formula is C22H19Cl2N2O6+. The number of benzene rings is 2. The van der Waals surface area contributed by atoms with Gasteiger partial charge in [0.2, 0.25) is 0 Å². The van der Waals surface area contributed by atoms with E-state index in [9.17, 15) is 14.9 Å². The number of methoxy groups -OCH3 is 2. The lowest BCUT2D eigenvalue weighted by atomic mass is 10.0. The van der Waals surface area contributed by atoms with Crippen molar-refractivity contribution in [3.63, 3.8) is 0 Å². The van der Waals surface area contributed by atoms with E-state index in [0.717, 1.165) is 6.07 Å². The molecule has 0 aliphatic rings. The van der Waals surface area contributed by atoms with Gasteiger partial charge in [-0.1, -0.05) is 35.3 Å². The first kappa shape index (κ1) is 23.3. The normalized spacial score (nSPS) is 11.5. The van der Waals surface area contributed by atoms with Crippen LogP contribution >= 0.6 is 23.2 Å². The van der Waals surface area contributed by atoms with Crippen molar-refractivity contribution in [3.8, 4) is 11.5 Å². The van der Waals surface area contributed by atoms with Gasteiger partial charge in [0, 0.05) is 24.1 Å². The van der Waals surface area contributed by atoms with Gasteiger partial charge < -0.3 is 14.2 Å². The van der Waals surface area contributed by atoms with E-state index in [1.54, 1.807) is 30.6 Å². The Morgan fingerprint density at radius 1 is 1.06 bits per heavy atom. The number of nitrogens with one attached hydrogen (secondary N) is 1. The van der Waals surface area contributed by atoms with Crippen molar-refractivity contribution in [2.45, 2.75) is 12.5 Å². The fourth-order valence-electron chi connectivity index (χ4n) is 3.08. The summed E-state index contributed by atoms with van der Waals surface area (Å²) in [5, 5.41) is 11.8. The molecule has 1 aromatic heterocycles. The molecule has 3 aromatic rings. The third-order valence-corrected chi connectivity index (χ3v) is 5.38. The van der Waals surface area contributed by atoms with E-state index in [4.69, 9.17) is 37.4 Å². The second kappa shape index (κ2) is 10.3. The largest absolute Gasteiger partial charge is 0.493 e. The van der Waals surface area contributed by atoms with Crippen LogP contribution < -0.4 is 14.5 Å². The van der Waals surface area contributed by atoms with Crippen LogP contribution in [-0.2, 0) is 11.2 Å². The van der Waals surface area contributed by atoms with Gasteiger partial charge in [0.15, 0.2) is 23.9 Å². The van der Waals surface area contributed by atoms with Crippen molar-refractivity contribution in [3.05, 3.63) is 91.7 Å². The zero-order valence-electron chi connectivity index (χ0n) is 17.1. The summed E-state index contributed by atoms with van der Waals surface area (Å²) in [5.74, 6) is 0.216. The van der Waals surface area contributed by atoms with Gasteiger partial charge in [0.25, 0.3) is 5.69 Å². The number of nitro groups is 1. The molecule has 8 nitrogen and oxygen atoms in total. The van der Waals surface area contributed by atoms with Gasteiger partial charge >= 0.3 is 5.97 Å². The number of ether oxygens (including phenoxy) is 3. The number of H-pyrrole nitrogens is 1. The second-order valence-corrected chi connectivity index (χ2v) is 7.46. The van der Waals surface area contributed by atoms with Crippen LogP contribution in [0.25, 0.3) is 0 Å². The van der Waals surface area contributed by atoms with Crippen molar-refractivity contribution in [1.82, 2.24) is 0 Å². The summed E-state index contributed by atoms with van der Waals surface area (Å²) in [6.45, 7) is 0. The van der Waals surface area contributed by atoms with Crippen LogP contribution in [0.1, 0.15) is 27.6 Å². The van der Waals surface area contributed by atoms with Crippen molar-refractivity contribution >= 4 is 34.9 Å². The van der Waals surface area contributed by atoms with Crippen molar-refractivity contribution in [1.29, 1.82) is 0 Å². The molecule has 0 bridgehead atoms. The molecule has 3 rings (SSSR count). The van der Waals surface area contributed by atoms with Gasteiger partial charge in [0.05, 0.1) is 24.7 Å². The molecule has 10 heteroatoms. The molecule has 32 heavy (non-hydrogen) atoms. The second-order valence-electron chi connectivity index (χ2n) is 6.65. The molecule has 1 heterocycles. The van der Waals surface area contributed by atoms with Gasteiger partial charge in [-0.25, -0.2) is 9.78 Å². The van der Waals surface area contributed by atoms with Crippen LogP contribution in [-0.4, -0.2) is 25.1 Å². The predicted octanol–water partition coefficient (Wildman–Crippen LogP) is 4.87. The van der Waals surface area contributed by atoms with Crippen molar-refractivity contribution in [2.75, 3.05) is 14.2 Å². The third-order valence-electron chi connectivity index (χ3n) is 4.71. The molecule has 0 aliphatic carbocycles. The minimum atomic E-state index is -0.820. The number of carbonyl (C=O) groups excluding carboxylic acids is 1. The maximum atomic E-state index is 12.9. The first-order valence-electron chi connectivity index (χ1n) is 9.35. The summed E-state index contributed by atoms with van der Waals surface area (Å²) in [6.07, 6.45) is 2.47. The summed E-state index contributed by atoms with van der Waals surface area (Å²) < 4.78 is 16.4. The SMILES string of the molecule is COc1ccc([C@H](Cc2c(Cl)c[nH+]cc2Cl)OC(=O)c2cccc([N+](=O)[O-])c2)cc1OC. The van der Waals surface area contributed by atoms with E-state index in [0.29, 0.717) is 32.7 Å². The Morgan fingerprint density at radius 3 is 2.38 bits per heavy atom. The molecule has 1 atom stereocenters. The van der Waals surface area contributed by atoms with Gasteiger partial charge in [-0.2, -0.15) is 0 Å². The van der Waals surface area contributed by atoms with Crippen LogP contribution in [0.4, 0.5) is 5.69 Å². The molecule has 0 saturated heterocycles. The fourth-order valence-corrected chi connectivity index (χ4v) is 3.61. The smallest absolute Gasteiger partial charge is 0.339 e. The topological polar surface area (TPSA) is 102 Å². The lowest BCUT2D eigenvalue weighted by Crippen LogP contribution is -2.16. The van der Waals surface area contributed by atoms with Crippen LogP contribution in [0.5, 0.6) is 11.5 Å². The highest BCUT2D eigenvalue weighted by molar-refractivity contribution is 6.35. The molecule has 2 aromatic carbocycles. The number of nitro benzene ring substituents is 1. The first-order chi connectivity index (χ1) is 15.3. The number of nitrogens with zero attached hydrogens (tertiary/aromatic N) is 1. The molecule has 0 radical (unpaired) electrons. The number of hydrogen-bond acceptors (Lipinski definition) is 6. The van der Waals surface area contributed by atoms with Crippen LogP contribution in [0, 0.1) is 10.1 Å². The number of halogens is 2. The molecule has 166 valence electrons. The zero-order valence-corrected chi connectivity index (χ0v) is 18.6. The Hall–Kier alpha value is -3.36. The fraction of sp³-hybridized carbons (Fsp3) is 0.182. The Kier molecular flexibility index (Phi) is 7.50. The Balaban J connectivity index is 1.99. The highest BCUT2D eigenvalue weighted by atomic mass is 35.5. The molecular weight excluding hydrogens is 459 g/mol. The number of hydrogen-bond donors (Lipinski definition) is 0. The molecule has 0 amide bonds. The lowest BCUT2D eigenvalue weighted by molar-refractivity contribution is -0.384. The highest BCUT2D eigenvalue weighted by Gasteiger charge is 2.24. The summed E-state index contributed by atoms with van der Waals surface area (Å²) in [7, 11) is 3.00. The number of rotatable bonds is 8. The first-order valence-corrected chi connectivity index (χ1v) is 10.1. The minimum Gasteiger partial charge on any atom is -0.493 e. The standard InChI is InChI=1S/C22H18Cl2N2O6/c1-30-19-7-6-13(9-21(19)31-2)20(10-16-17(23)11-25-12-18(16)24)32-22(27)14-4-3-5-15(8-14)26(28)29/h3-9,11-12,20H,10H2,1-2H3/p+1/t20-/m0/s1. The van der Waals surface area contributed by atoms with Gasteiger partial charge in [-0.05, 0) is 23.8 Å². The zero-order chi connectivity index (χ0) is 23.3. The quantitative estimate of drug-likeness (QED) is 0.260. The van der Waals surface area contributed by atoms with E-state index < -0.39 is 17.0 Å². The number of pyridine rings is 1. The van der Waals surface area contributed by atoms with Crippen molar-refractivity contribution < 1.29 is 28.9 Å². The molecule has 0 unspecified atom stereocenters. The Morgan fingerprint density at radius 2 is 1.75 bits per heavy atom. The maximum Gasteiger partial charge on any atom is 0.339 e. The van der Waals surface area contributed by atoms with Crippen LogP contribution in [0.15, 0.2) is 54.9 Å². The average molecular weight is 478 g/mol. The Labute approximate surface area is 193 Å². The molecule has 0 saturated carbocycles. The lowest BCUT2D eigenvalue weighted by Gasteiger charge is -2.20. The monoisotopic (exact) mass is 477 g/mol. The average Bonchev–Trinajstić information content (AvgIpc) is 2.80. The molecule has 0 fully saturated rings. The minimum absolute atomic E-state index is 0.0447. The van der Waals surface area contributed by atoms with E-state index in [2.05, 4.69) is 4.98 Å². The summed E-state index contributed by atoms with van der Waals surface area (Å²) in [5.41, 5.74) is 0.996. The number of aromatic amines is 1. The molecule has 1 N–H and O–H groups in total. The summed E-state index contributed by atoms with van der Waals surface area (Å²) in [4.78, 5) is 26.2. The highest BCUT2D eigenvalue weighted by Crippen LogP contribution is 2.35. The third kappa shape index (κ3) is 5.27. The van der Waals surface area contributed by atoms with E-state index >= 15 is 0 Å². The summed E-state index contributed by atoms with van der Waals surface area (Å²) in [6, 6.07) is 10.4. The van der Waals surface area contributed by atoms with E-state index in [-0.39, 0.29) is 17.7 Å². The Bertz CT molecular complexity index is 1130. The molecule has 0 spiro atoms. The van der Waals surface area contributed by atoms with Crippen LogP contribution in [0.2, 0.25) is 10.0 Å². The number of non-ortho nitro benzene ring substituents is 1. The van der Waals surface area contributed by atoms with Gasteiger partial charge in [0.1, 0.15) is 16.1 Å². The van der Waals surface area contributed by atoms with Crippen molar-refractivity contribution in [2.24, 2.45) is 0 Å². The summed E-state index contributed by atoms with van der Waals surface area (Å²) >= 11 is 12.6. The van der Waals surface area contributed by atoms with E-state index in [1.807, 2.05) is 0 Å². The number of aromatic nitrogens is 1. The van der Waals surface area contributed by atoms with E-state index in [1.165, 1.54) is 32.4 Å². The molecule has 0 aliphatic heterocycles. The van der Waals surface area contributed by atoms with Gasteiger partial charge in [-0.15, -0.1) is 0 Å². The van der Waals surface area contributed by atoms with Gasteiger partial charge in [-0.3, -0.25) is 10.1 Å². The number of esters is 1.